The molecule has 0 saturated carbocycles. The van der Waals surface area contributed by atoms with E-state index in [4.69, 9.17) is 9.05 Å². The van der Waals surface area contributed by atoms with Crippen LogP contribution >= 0.6 is 0 Å². The van der Waals surface area contributed by atoms with Crippen molar-refractivity contribution in [1.29, 1.82) is 0 Å². The molecule has 0 bridgehead atoms. The van der Waals surface area contributed by atoms with Gasteiger partial charge in [-0.05, 0) is 6.92 Å². The van der Waals surface area contributed by atoms with Gasteiger partial charge in [0.2, 0.25) is 0 Å². The van der Waals surface area contributed by atoms with Gasteiger partial charge in [0.25, 0.3) is 5.89 Å². The van der Waals surface area contributed by atoms with Crippen LogP contribution in [0.3, 0.4) is 0 Å². The van der Waals surface area contributed by atoms with Crippen LogP contribution in [0.15, 0.2) is 39.4 Å². The molecular formula is C15H13N3O4. The van der Waals surface area contributed by atoms with Gasteiger partial charge in [0, 0.05) is 5.56 Å². The van der Waals surface area contributed by atoms with E-state index in [-0.39, 0.29) is 18.1 Å². The lowest BCUT2D eigenvalue weighted by Gasteiger charge is -1.97. The van der Waals surface area contributed by atoms with Crippen molar-refractivity contribution >= 4 is 5.97 Å². The van der Waals surface area contributed by atoms with Gasteiger partial charge < -0.3 is 13.8 Å². The Morgan fingerprint density at radius 1 is 1.18 bits per heavy atom. The molecule has 2 aromatic heterocycles. The number of aryl methyl sites for hydroxylation is 1. The molecular weight excluding hydrogens is 286 g/mol. The van der Waals surface area contributed by atoms with Crippen LogP contribution in [0.25, 0.3) is 22.7 Å². The lowest BCUT2D eigenvalue weighted by atomic mass is 10.1. The molecule has 22 heavy (non-hydrogen) atoms. The summed E-state index contributed by atoms with van der Waals surface area (Å²) >= 11 is 0. The van der Waals surface area contributed by atoms with Crippen molar-refractivity contribution in [2.45, 2.75) is 13.3 Å². The highest BCUT2D eigenvalue weighted by Crippen LogP contribution is 2.33. The molecule has 0 amide bonds. The molecule has 1 aromatic carbocycles. The molecule has 3 aromatic rings. The number of carbonyl (C=O) groups excluding carboxylic acids is 1. The SMILES string of the molecule is COC(=O)Cc1noc(-c2c(-c3ccccc3)noc2C)n1. The van der Waals surface area contributed by atoms with Crippen LogP contribution in [0, 0.1) is 6.92 Å². The number of esters is 1. The van der Waals surface area contributed by atoms with Gasteiger partial charge in [-0.15, -0.1) is 0 Å². The zero-order valence-corrected chi connectivity index (χ0v) is 12.1. The van der Waals surface area contributed by atoms with Gasteiger partial charge in [0.05, 0.1) is 7.11 Å². The molecule has 0 aliphatic rings. The fraction of sp³-hybridized carbons (Fsp3) is 0.200. The topological polar surface area (TPSA) is 91.2 Å². The number of nitrogens with zero attached hydrogens (tertiary/aromatic N) is 3. The van der Waals surface area contributed by atoms with Crippen LogP contribution in [0.1, 0.15) is 11.6 Å². The molecule has 0 fully saturated rings. The van der Waals surface area contributed by atoms with Gasteiger partial charge in [-0.1, -0.05) is 40.6 Å². The fourth-order valence-corrected chi connectivity index (χ4v) is 2.05. The van der Waals surface area contributed by atoms with Gasteiger partial charge in [-0.25, -0.2) is 0 Å². The maximum Gasteiger partial charge on any atom is 0.313 e. The molecule has 0 aliphatic carbocycles. The highest BCUT2D eigenvalue weighted by molar-refractivity contribution is 5.78. The van der Waals surface area contributed by atoms with Crippen molar-refractivity contribution < 1.29 is 18.6 Å². The highest BCUT2D eigenvalue weighted by Gasteiger charge is 2.22. The van der Waals surface area contributed by atoms with Gasteiger partial charge in [0.1, 0.15) is 23.4 Å². The summed E-state index contributed by atoms with van der Waals surface area (Å²) < 4.78 is 15.1. The van der Waals surface area contributed by atoms with E-state index in [2.05, 4.69) is 20.0 Å². The number of methoxy groups -OCH3 is 1. The quantitative estimate of drug-likeness (QED) is 0.683. The highest BCUT2D eigenvalue weighted by atomic mass is 16.5. The maximum atomic E-state index is 11.3. The number of hydrogen-bond acceptors (Lipinski definition) is 7. The first-order valence-electron chi connectivity index (χ1n) is 6.60. The van der Waals surface area contributed by atoms with E-state index in [0.717, 1.165) is 5.56 Å². The molecule has 7 heteroatoms. The smallest absolute Gasteiger partial charge is 0.313 e. The number of hydrogen-bond donors (Lipinski definition) is 0. The molecule has 0 radical (unpaired) electrons. The Bertz CT molecular complexity index is 792. The largest absolute Gasteiger partial charge is 0.469 e. The molecule has 112 valence electrons. The fourth-order valence-electron chi connectivity index (χ4n) is 2.05. The van der Waals surface area contributed by atoms with Crippen LogP contribution in [-0.2, 0) is 16.0 Å². The summed E-state index contributed by atoms with van der Waals surface area (Å²) in [5, 5.41) is 7.83. The van der Waals surface area contributed by atoms with Crippen LogP contribution < -0.4 is 0 Å². The second-order valence-corrected chi connectivity index (χ2v) is 4.60. The predicted octanol–water partition coefficient (Wildman–Crippen LogP) is 2.42. The summed E-state index contributed by atoms with van der Waals surface area (Å²) in [5.74, 6) is 0.641. The van der Waals surface area contributed by atoms with Crippen molar-refractivity contribution in [2.75, 3.05) is 7.11 Å². The average molecular weight is 299 g/mol. The van der Waals surface area contributed by atoms with Gasteiger partial charge in [-0.2, -0.15) is 4.98 Å². The van der Waals surface area contributed by atoms with E-state index in [1.165, 1.54) is 7.11 Å². The van der Waals surface area contributed by atoms with Crippen molar-refractivity contribution in [3.8, 4) is 22.7 Å². The van der Waals surface area contributed by atoms with E-state index >= 15 is 0 Å². The summed E-state index contributed by atoms with van der Waals surface area (Å²) in [7, 11) is 1.31. The summed E-state index contributed by atoms with van der Waals surface area (Å²) in [6.45, 7) is 1.76. The lowest BCUT2D eigenvalue weighted by molar-refractivity contribution is -0.139. The number of carbonyl (C=O) groups is 1. The van der Waals surface area contributed by atoms with E-state index in [1.807, 2.05) is 30.3 Å². The molecule has 3 rings (SSSR count). The van der Waals surface area contributed by atoms with E-state index in [0.29, 0.717) is 17.0 Å². The normalized spacial score (nSPS) is 10.6. The van der Waals surface area contributed by atoms with Crippen LogP contribution in [-0.4, -0.2) is 28.4 Å². The third kappa shape index (κ3) is 2.60. The zero-order valence-electron chi connectivity index (χ0n) is 12.1. The number of rotatable bonds is 4. The van der Waals surface area contributed by atoms with Crippen LogP contribution in [0.4, 0.5) is 0 Å². The second kappa shape index (κ2) is 5.80. The predicted molar refractivity (Wildman–Crippen MR) is 75.7 cm³/mol. The Morgan fingerprint density at radius 2 is 1.95 bits per heavy atom. The van der Waals surface area contributed by atoms with E-state index < -0.39 is 5.97 Å². The summed E-state index contributed by atoms with van der Waals surface area (Å²) in [6.07, 6.45) is -0.0506. The molecule has 0 spiro atoms. The first kappa shape index (κ1) is 14.0. The zero-order chi connectivity index (χ0) is 15.5. The minimum absolute atomic E-state index is 0.0506. The second-order valence-electron chi connectivity index (χ2n) is 4.60. The van der Waals surface area contributed by atoms with Crippen molar-refractivity contribution in [2.24, 2.45) is 0 Å². The minimum Gasteiger partial charge on any atom is -0.469 e. The molecule has 0 atom stereocenters. The molecule has 7 nitrogen and oxygen atoms in total. The summed E-state index contributed by atoms with van der Waals surface area (Å²) in [5.41, 5.74) is 2.11. The maximum absolute atomic E-state index is 11.3. The van der Waals surface area contributed by atoms with Crippen LogP contribution in [0.5, 0.6) is 0 Å². The van der Waals surface area contributed by atoms with Crippen molar-refractivity contribution in [3.05, 3.63) is 41.9 Å². The Kier molecular flexibility index (Phi) is 3.69. The monoisotopic (exact) mass is 299 g/mol. The van der Waals surface area contributed by atoms with E-state index in [1.54, 1.807) is 6.92 Å². The third-order valence-electron chi connectivity index (χ3n) is 3.12. The molecule has 2 heterocycles. The first-order chi connectivity index (χ1) is 10.7. The standard InChI is InChI=1S/C15H13N3O4/c1-9-13(14(18-21-9)10-6-4-3-5-7-10)15-16-11(17-22-15)8-12(19)20-2/h3-7H,8H2,1-2H3. The summed E-state index contributed by atoms with van der Waals surface area (Å²) in [6, 6.07) is 9.54. The Labute approximate surface area is 125 Å². The Morgan fingerprint density at radius 3 is 2.68 bits per heavy atom. The van der Waals surface area contributed by atoms with Crippen LogP contribution in [0.2, 0.25) is 0 Å². The number of ether oxygens (including phenoxy) is 1. The minimum atomic E-state index is -0.433. The van der Waals surface area contributed by atoms with Gasteiger partial charge >= 0.3 is 5.97 Å². The average Bonchev–Trinajstić information content (AvgIpc) is 3.14. The number of aromatic nitrogens is 3. The number of benzene rings is 1. The first-order valence-corrected chi connectivity index (χ1v) is 6.60. The molecule has 0 unspecified atom stereocenters. The Balaban J connectivity index is 1.99. The molecule has 0 N–H and O–H groups in total. The van der Waals surface area contributed by atoms with Crippen molar-refractivity contribution in [3.63, 3.8) is 0 Å². The van der Waals surface area contributed by atoms with E-state index in [9.17, 15) is 4.79 Å². The van der Waals surface area contributed by atoms with Gasteiger partial charge in [-0.3, -0.25) is 4.79 Å². The summed E-state index contributed by atoms with van der Waals surface area (Å²) in [4.78, 5) is 15.5. The van der Waals surface area contributed by atoms with Crippen molar-refractivity contribution in [1.82, 2.24) is 15.3 Å². The molecule has 0 aliphatic heterocycles. The Hall–Kier alpha value is -2.96. The third-order valence-corrected chi connectivity index (χ3v) is 3.12. The van der Waals surface area contributed by atoms with Gasteiger partial charge in [0.15, 0.2) is 5.82 Å². The molecule has 0 saturated heterocycles. The lowest BCUT2D eigenvalue weighted by Crippen LogP contribution is -2.05.